The molecule has 1 saturated carbocycles. The van der Waals surface area contributed by atoms with Crippen LogP contribution in [0.25, 0.3) is 0 Å². The molecular formula is C13H18BrN. The average molecular weight is 268 g/mol. The minimum atomic E-state index is 0.132. The summed E-state index contributed by atoms with van der Waals surface area (Å²) < 4.78 is 1.15. The van der Waals surface area contributed by atoms with Crippen LogP contribution < -0.4 is 5.73 Å². The average Bonchev–Trinajstić information content (AvgIpc) is 2.65. The third kappa shape index (κ3) is 3.05. The number of halogens is 1. The molecule has 0 bridgehead atoms. The molecule has 1 aromatic carbocycles. The molecule has 1 aliphatic carbocycles. The Morgan fingerprint density at radius 1 is 1.13 bits per heavy atom. The van der Waals surface area contributed by atoms with E-state index < -0.39 is 0 Å². The summed E-state index contributed by atoms with van der Waals surface area (Å²) in [6, 6.07) is 8.57. The Bertz CT molecular complexity index is 312. The second-order valence-electron chi connectivity index (χ2n) is 4.70. The summed E-state index contributed by atoms with van der Waals surface area (Å²) in [7, 11) is 0. The van der Waals surface area contributed by atoms with Crippen molar-refractivity contribution < 1.29 is 0 Å². The Kier molecular flexibility index (Phi) is 3.47. The van der Waals surface area contributed by atoms with E-state index in [1.54, 1.807) is 0 Å². The molecule has 1 nitrogen and oxygen atoms in total. The van der Waals surface area contributed by atoms with Crippen molar-refractivity contribution >= 4 is 15.9 Å². The van der Waals surface area contributed by atoms with E-state index in [1.807, 2.05) is 0 Å². The monoisotopic (exact) mass is 267 g/mol. The lowest BCUT2D eigenvalue weighted by Gasteiger charge is -2.23. The van der Waals surface area contributed by atoms with Crippen molar-refractivity contribution in [3.63, 3.8) is 0 Å². The van der Waals surface area contributed by atoms with Crippen molar-refractivity contribution in [1.82, 2.24) is 0 Å². The van der Waals surface area contributed by atoms with E-state index >= 15 is 0 Å². The molecular weight excluding hydrogens is 250 g/mol. The molecule has 0 radical (unpaired) electrons. The molecule has 2 rings (SSSR count). The smallest absolute Gasteiger partial charge is 0.0175 e. The van der Waals surface area contributed by atoms with Gasteiger partial charge in [0, 0.05) is 10.0 Å². The topological polar surface area (TPSA) is 26.0 Å². The van der Waals surface area contributed by atoms with Gasteiger partial charge in [-0.05, 0) is 43.4 Å². The van der Waals surface area contributed by atoms with Crippen LogP contribution in [0.5, 0.6) is 0 Å². The van der Waals surface area contributed by atoms with E-state index in [-0.39, 0.29) is 5.54 Å². The van der Waals surface area contributed by atoms with Gasteiger partial charge < -0.3 is 5.73 Å². The summed E-state index contributed by atoms with van der Waals surface area (Å²) in [4.78, 5) is 0. The SMILES string of the molecule is NC1(CCc2ccc(Br)cc2)CCCC1. The van der Waals surface area contributed by atoms with E-state index in [4.69, 9.17) is 5.73 Å². The minimum absolute atomic E-state index is 0.132. The molecule has 1 aliphatic rings. The Balaban J connectivity index is 1.90. The van der Waals surface area contributed by atoms with Crippen molar-refractivity contribution in [2.75, 3.05) is 0 Å². The number of hydrogen-bond donors (Lipinski definition) is 1. The van der Waals surface area contributed by atoms with Gasteiger partial charge in [0.2, 0.25) is 0 Å². The maximum atomic E-state index is 6.33. The molecule has 0 aromatic heterocycles. The Hall–Kier alpha value is -0.340. The quantitative estimate of drug-likeness (QED) is 0.889. The molecule has 0 unspecified atom stereocenters. The molecule has 0 saturated heterocycles. The van der Waals surface area contributed by atoms with Crippen molar-refractivity contribution in [3.05, 3.63) is 34.3 Å². The fraction of sp³-hybridized carbons (Fsp3) is 0.538. The van der Waals surface area contributed by atoms with E-state index in [0.717, 1.165) is 17.3 Å². The van der Waals surface area contributed by atoms with Crippen LogP contribution in [0.15, 0.2) is 28.7 Å². The third-order valence-corrected chi connectivity index (χ3v) is 3.95. The first-order chi connectivity index (χ1) is 7.18. The maximum Gasteiger partial charge on any atom is 0.0175 e. The van der Waals surface area contributed by atoms with E-state index in [2.05, 4.69) is 40.2 Å². The van der Waals surface area contributed by atoms with Crippen LogP contribution in [-0.2, 0) is 6.42 Å². The lowest BCUT2D eigenvalue weighted by atomic mass is 9.91. The molecule has 2 N–H and O–H groups in total. The van der Waals surface area contributed by atoms with E-state index in [9.17, 15) is 0 Å². The predicted octanol–water partition coefficient (Wildman–Crippen LogP) is 3.65. The highest BCUT2D eigenvalue weighted by Gasteiger charge is 2.28. The normalized spacial score (nSPS) is 19.3. The number of rotatable bonds is 3. The van der Waals surface area contributed by atoms with Gasteiger partial charge in [-0.3, -0.25) is 0 Å². The summed E-state index contributed by atoms with van der Waals surface area (Å²) in [5.74, 6) is 0. The second-order valence-corrected chi connectivity index (χ2v) is 5.61. The van der Waals surface area contributed by atoms with Gasteiger partial charge in [-0.25, -0.2) is 0 Å². The zero-order valence-corrected chi connectivity index (χ0v) is 10.6. The first-order valence-electron chi connectivity index (χ1n) is 5.71. The largest absolute Gasteiger partial charge is 0.325 e. The van der Waals surface area contributed by atoms with Gasteiger partial charge in [0.15, 0.2) is 0 Å². The standard InChI is InChI=1S/C13H18BrN/c14-12-5-3-11(4-6-12)7-10-13(15)8-1-2-9-13/h3-6H,1-2,7-10,15H2. The van der Waals surface area contributed by atoms with Crippen molar-refractivity contribution in [3.8, 4) is 0 Å². The first-order valence-corrected chi connectivity index (χ1v) is 6.51. The lowest BCUT2D eigenvalue weighted by Crippen LogP contribution is -2.36. The number of aryl methyl sites for hydroxylation is 1. The zero-order chi connectivity index (χ0) is 10.7. The molecule has 0 atom stereocenters. The number of benzene rings is 1. The lowest BCUT2D eigenvalue weighted by molar-refractivity contribution is 0.406. The van der Waals surface area contributed by atoms with Gasteiger partial charge >= 0.3 is 0 Å². The summed E-state index contributed by atoms with van der Waals surface area (Å²) in [6.07, 6.45) is 7.30. The van der Waals surface area contributed by atoms with Crippen LogP contribution >= 0.6 is 15.9 Å². The van der Waals surface area contributed by atoms with Gasteiger partial charge in [0.1, 0.15) is 0 Å². The molecule has 0 heterocycles. The highest BCUT2D eigenvalue weighted by Crippen LogP contribution is 2.31. The summed E-state index contributed by atoms with van der Waals surface area (Å²) >= 11 is 3.45. The Morgan fingerprint density at radius 3 is 2.33 bits per heavy atom. The Morgan fingerprint density at radius 2 is 1.73 bits per heavy atom. The van der Waals surface area contributed by atoms with Crippen LogP contribution in [-0.4, -0.2) is 5.54 Å². The number of nitrogens with two attached hydrogens (primary N) is 1. The summed E-state index contributed by atoms with van der Waals surface area (Å²) in [5, 5.41) is 0. The van der Waals surface area contributed by atoms with Crippen molar-refractivity contribution in [2.24, 2.45) is 5.73 Å². The van der Waals surface area contributed by atoms with Crippen LogP contribution in [0.1, 0.15) is 37.7 Å². The maximum absolute atomic E-state index is 6.33. The molecule has 0 aliphatic heterocycles. The molecule has 0 amide bonds. The first kappa shape index (κ1) is 11.2. The van der Waals surface area contributed by atoms with Crippen LogP contribution in [0.3, 0.4) is 0 Å². The molecule has 1 aromatic rings. The van der Waals surface area contributed by atoms with Crippen LogP contribution in [0, 0.1) is 0 Å². The van der Waals surface area contributed by atoms with E-state index in [1.165, 1.54) is 31.2 Å². The fourth-order valence-electron chi connectivity index (χ4n) is 2.37. The van der Waals surface area contributed by atoms with E-state index in [0.29, 0.717) is 0 Å². The highest BCUT2D eigenvalue weighted by atomic mass is 79.9. The van der Waals surface area contributed by atoms with Crippen molar-refractivity contribution in [1.29, 1.82) is 0 Å². The zero-order valence-electron chi connectivity index (χ0n) is 9.01. The van der Waals surface area contributed by atoms with Crippen molar-refractivity contribution in [2.45, 2.75) is 44.1 Å². The fourth-order valence-corrected chi connectivity index (χ4v) is 2.64. The van der Waals surface area contributed by atoms with Crippen LogP contribution in [0.4, 0.5) is 0 Å². The molecule has 2 heteroatoms. The second kappa shape index (κ2) is 4.67. The highest BCUT2D eigenvalue weighted by molar-refractivity contribution is 9.10. The molecule has 15 heavy (non-hydrogen) atoms. The minimum Gasteiger partial charge on any atom is -0.325 e. The molecule has 0 spiro atoms. The molecule has 82 valence electrons. The van der Waals surface area contributed by atoms with Gasteiger partial charge in [-0.15, -0.1) is 0 Å². The van der Waals surface area contributed by atoms with Crippen LogP contribution in [0.2, 0.25) is 0 Å². The van der Waals surface area contributed by atoms with Gasteiger partial charge in [0.25, 0.3) is 0 Å². The van der Waals surface area contributed by atoms with Gasteiger partial charge in [-0.2, -0.15) is 0 Å². The summed E-state index contributed by atoms with van der Waals surface area (Å²) in [5.41, 5.74) is 7.86. The van der Waals surface area contributed by atoms with Gasteiger partial charge in [-0.1, -0.05) is 40.9 Å². The molecule has 1 fully saturated rings. The third-order valence-electron chi connectivity index (χ3n) is 3.42. The predicted molar refractivity (Wildman–Crippen MR) is 67.8 cm³/mol. The van der Waals surface area contributed by atoms with Gasteiger partial charge in [0.05, 0.1) is 0 Å². The summed E-state index contributed by atoms with van der Waals surface area (Å²) in [6.45, 7) is 0. The number of hydrogen-bond acceptors (Lipinski definition) is 1. The Labute approximate surface area is 100 Å².